The van der Waals surface area contributed by atoms with Gasteiger partial charge in [0.05, 0.1) is 13.1 Å². The summed E-state index contributed by atoms with van der Waals surface area (Å²) >= 11 is 12.9. The van der Waals surface area contributed by atoms with Crippen LogP contribution in [-0.2, 0) is 27.2 Å². The summed E-state index contributed by atoms with van der Waals surface area (Å²) in [7, 11) is 3.12. The van der Waals surface area contributed by atoms with E-state index in [0.29, 0.717) is 40.3 Å². The lowest BCUT2D eigenvalue weighted by Gasteiger charge is -2.33. The van der Waals surface area contributed by atoms with Gasteiger partial charge in [0.1, 0.15) is 5.82 Å². The molecule has 1 aliphatic rings. The summed E-state index contributed by atoms with van der Waals surface area (Å²) in [5, 5.41) is 1.06. The highest BCUT2D eigenvalue weighted by atomic mass is 35.5. The van der Waals surface area contributed by atoms with Crippen LogP contribution in [0.5, 0.6) is 0 Å². The molecule has 1 aromatic carbocycles. The number of imidazole rings is 1. The molecule has 0 aliphatic carbocycles. The highest BCUT2D eigenvalue weighted by Gasteiger charge is 2.25. The van der Waals surface area contributed by atoms with E-state index < -0.39 is 5.69 Å². The van der Waals surface area contributed by atoms with Crippen molar-refractivity contribution >= 4 is 34.4 Å². The number of fused-ring (bicyclic) bond motifs is 1. The van der Waals surface area contributed by atoms with Crippen LogP contribution in [0.3, 0.4) is 0 Å². The molecule has 0 amide bonds. The zero-order valence-electron chi connectivity index (χ0n) is 17.4. The van der Waals surface area contributed by atoms with Crippen LogP contribution in [0.2, 0.25) is 10.0 Å². The van der Waals surface area contributed by atoms with Gasteiger partial charge in [0.25, 0.3) is 5.56 Å². The maximum Gasteiger partial charge on any atom is 0.332 e. The Balaban J connectivity index is 1.92. The second-order valence-corrected chi connectivity index (χ2v) is 8.82. The van der Waals surface area contributed by atoms with Gasteiger partial charge in [-0.3, -0.25) is 18.8 Å². The molecule has 2 aromatic heterocycles. The third-order valence-corrected chi connectivity index (χ3v) is 6.80. The van der Waals surface area contributed by atoms with Crippen molar-refractivity contribution < 1.29 is 0 Å². The van der Waals surface area contributed by atoms with Crippen molar-refractivity contribution in [3.63, 3.8) is 0 Å². The van der Waals surface area contributed by atoms with E-state index in [1.807, 2.05) is 4.57 Å². The van der Waals surface area contributed by atoms with Crippen molar-refractivity contribution in [2.45, 2.75) is 45.3 Å². The van der Waals surface area contributed by atoms with Gasteiger partial charge < -0.3 is 4.57 Å². The van der Waals surface area contributed by atoms with Gasteiger partial charge in [0.15, 0.2) is 11.2 Å². The Kier molecular flexibility index (Phi) is 5.79. The minimum absolute atomic E-state index is 0.306. The number of halogens is 2. The van der Waals surface area contributed by atoms with Crippen molar-refractivity contribution in [2.75, 3.05) is 6.54 Å². The van der Waals surface area contributed by atoms with Crippen LogP contribution in [0.4, 0.5) is 0 Å². The van der Waals surface area contributed by atoms with Gasteiger partial charge in [0.2, 0.25) is 0 Å². The molecule has 9 heteroatoms. The molecule has 1 saturated heterocycles. The van der Waals surface area contributed by atoms with Gasteiger partial charge in [-0.2, -0.15) is 0 Å². The van der Waals surface area contributed by atoms with Gasteiger partial charge in [-0.15, -0.1) is 0 Å². The predicted molar refractivity (Wildman–Crippen MR) is 120 cm³/mol. The summed E-state index contributed by atoms with van der Waals surface area (Å²) in [6.07, 6.45) is 3.50. The normalized spacial score (nSPS) is 17.7. The molecule has 0 unspecified atom stereocenters. The van der Waals surface area contributed by atoms with Crippen LogP contribution in [0.25, 0.3) is 11.2 Å². The second kappa shape index (κ2) is 8.21. The van der Waals surface area contributed by atoms with E-state index in [4.69, 9.17) is 28.2 Å². The first-order valence-electron chi connectivity index (χ1n) is 10.1. The summed E-state index contributed by atoms with van der Waals surface area (Å²) in [5.74, 6) is 0.730. The largest absolute Gasteiger partial charge is 0.332 e. The third-order valence-electron chi connectivity index (χ3n) is 6.09. The standard InChI is InChI=1S/C21H25Cl2N5O2/c1-13-7-4-5-10-27(13)12-17-24-19-18(20(29)26(3)21(30)25(19)2)28(17)11-14-15(22)8-6-9-16(14)23/h6,8-9,13H,4-5,7,10-12H2,1-3H3/t13-/m0/s1. The minimum Gasteiger partial charge on any atom is -0.316 e. The fourth-order valence-electron chi connectivity index (χ4n) is 4.20. The molecule has 3 heterocycles. The van der Waals surface area contributed by atoms with Crippen LogP contribution in [0.1, 0.15) is 37.6 Å². The molecule has 0 bridgehead atoms. The fourth-order valence-corrected chi connectivity index (χ4v) is 4.72. The first-order chi connectivity index (χ1) is 14.3. The first kappa shape index (κ1) is 21.2. The third kappa shape index (κ3) is 3.59. The highest BCUT2D eigenvalue weighted by molar-refractivity contribution is 6.36. The number of piperidine rings is 1. The molecule has 0 saturated carbocycles. The van der Waals surface area contributed by atoms with Crippen LogP contribution in [0.15, 0.2) is 27.8 Å². The summed E-state index contributed by atoms with van der Waals surface area (Å²) in [5.41, 5.74) is 0.720. The van der Waals surface area contributed by atoms with Crippen molar-refractivity contribution in [1.82, 2.24) is 23.6 Å². The summed E-state index contributed by atoms with van der Waals surface area (Å²) in [6.45, 7) is 4.09. The average molecular weight is 450 g/mol. The lowest BCUT2D eigenvalue weighted by molar-refractivity contribution is 0.147. The predicted octanol–water partition coefficient (Wildman–Crippen LogP) is 3.16. The number of rotatable bonds is 4. The van der Waals surface area contributed by atoms with E-state index in [9.17, 15) is 9.59 Å². The summed E-state index contributed by atoms with van der Waals surface area (Å²) in [6, 6.07) is 5.78. The number of hydrogen-bond acceptors (Lipinski definition) is 4. The molecule has 1 aliphatic heterocycles. The Labute approximate surface area is 184 Å². The maximum atomic E-state index is 13.1. The summed E-state index contributed by atoms with van der Waals surface area (Å²) in [4.78, 5) is 32.6. The molecule has 30 heavy (non-hydrogen) atoms. The van der Waals surface area contributed by atoms with E-state index in [-0.39, 0.29) is 5.56 Å². The minimum atomic E-state index is -0.397. The smallest absolute Gasteiger partial charge is 0.316 e. The van der Waals surface area contributed by atoms with E-state index in [1.54, 1.807) is 25.2 Å². The van der Waals surface area contributed by atoms with Gasteiger partial charge in [-0.05, 0) is 38.4 Å². The SMILES string of the molecule is C[C@H]1CCCCN1Cc1nc2c(c(=O)n(C)c(=O)n2C)n1Cc1c(Cl)cccc1Cl. The van der Waals surface area contributed by atoms with Gasteiger partial charge in [-0.1, -0.05) is 35.7 Å². The molecule has 3 aromatic rings. The van der Waals surface area contributed by atoms with Crippen molar-refractivity contribution in [1.29, 1.82) is 0 Å². The molecule has 0 spiro atoms. The molecule has 0 radical (unpaired) electrons. The number of hydrogen-bond donors (Lipinski definition) is 0. The monoisotopic (exact) mass is 449 g/mol. The van der Waals surface area contributed by atoms with Crippen LogP contribution in [0, 0.1) is 0 Å². The zero-order valence-corrected chi connectivity index (χ0v) is 18.9. The second-order valence-electron chi connectivity index (χ2n) is 8.01. The summed E-state index contributed by atoms with van der Waals surface area (Å²) < 4.78 is 4.40. The molecule has 0 N–H and O–H groups in total. The Bertz CT molecular complexity index is 1210. The Morgan fingerprint density at radius 3 is 2.43 bits per heavy atom. The van der Waals surface area contributed by atoms with Gasteiger partial charge in [-0.25, -0.2) is 9.78 Å². The van der Waals surface area contributed by atoms with Gasteiger partial charge in [0, 0.05) is 35.7 Å². The number of nitrogens with zero attached hydrogens (tertiary/aromatic N) is 5. The molecule has 1 fully saturated rings. The van der Waals surface area contributed by atoms with Crippen molar-refractivity contribution in [3.8, 4) is 0 Å². The average Bonchev–Trinajstić information content (AvgIpc) is 3.07. The number of aromatic nitrogens is 4. The van der Waals surface area contributed by atoms with Crippen molar-refractivity contribution in [3.05, 3.63) is 60.5 Å². The quantitative estimate of drug-likeness (QED) is 0.613. The van der Waals surface area contributed by atoms with Crippen LogP contribution in [-0.4, -0.2) is 36.2 Å². The first-order valence-corrected chi connectivity index (χ1v) is 10.9. The maximum absolute atomic E-state index is 13.1. The number of likely N-dealkylation sites (tertiary alicyclic amines) is 1. The van der Waals surface area contributed by atoms with E-state index >= 15 is 0 Å². The van der Waals surface area contributed by atoms with Gasteiger partial charge >= 0.3 is 5.69 Å². The molecular weight excluding hydrogens is 425 g/mol. The zero-order chi connectivity index (χ0) is 21.6. The van der Waals surface area contributed by atoms with E-state index in [2.05, 4.69) is 11.8 Å². The van der Waals surface area contributed by atoms with Crippen molar-refractivity contribution in [2.24, 2.45) is 14.1 Å². The Morgan fingerprint density at radius 2 is 1.77 bits per heavy atom. The molecular formula is C21H25Cl2N5O2. The Morgan fingerprint density at radius 1 is 1.07 bits per heavy atom. The van der Waals surface area contributed by atoms with Crippen LogP contribution >= 0.6 is 23.2 Å². The number of benzene rings is 1. The number of aryl methyl sites for hydroxylation is 1. The molecule has 160 valence electrons. The topological polar surface area (TPSA) is 65.1 Å². The lowest BCUT2D eigenvalue weighted by atomic mass is 10.0. The lowest BCUT2D eigenvalue weighted by Crippen LogP contribution is -2.38. The molecule has 4 rings (SSSR count). The van der Waals surface area contributed by atoms with E-state index in [0.717, 1.165) is 35.3 Å². The fraction of sp³-hybridized carbons (Fsp3) is 0.476. The highest BCUT2D eigenvalue weighted by Crippen LogP contribution is 2.27. The Hall–Kier alpha value is -2.09. The van der Waals surface area contributed by atoms with E-state index in [1.165, 1.54) is 18.0 Å². The molecule has 1 atom stereocenters. The molecule has 7 nitrogen and oxygen atoms in total. The van der Waals surface area contributed by atoms with Crippen LogP contribution < -0.4 is 11.2 Å².